The van der Waals surface area contributed by atoms with E-state index in [-0.39, 0.29) is 5.91 Å². The lowest BCUT2D eigenvalue weighted by Crippen LogP contribution is -2.29. The van der Waals surface area contributed by atoms with E-state index in [1.165, 1.54) is 0 Å². The van der Waals surface area contributed by atoms with E-state index in [0.29, 0.717) is 19.7 Å². The predicted molar refractivity (Wildman–Crippen MR) is 101 cm³/mol. The van der Waals surface area contributed by atoms with Gasteiger partial charge in [0.25, 0.3) is 0 Å². The van der Waals surface area contributed by atoms with Gasteiger partial charge in [0.2, 0.25) is 5.91 Å². The number of nitrogens with one attached hydrogen (secondary N) is 1. The molecule has 2 rings (SSSR count). The minimum atomic E-state index is -0.00932. The summed E-state index contributed by atoms with van der Waals surface area (Å²) in [6.07, 6.45) is 2.00. The molecule has 1 amide bonds. The number of nitrogens with zero attached hydrogens (tertiary/aromatic N) is 1. The molecule has 128 valence electrons. The molecule has 0 fully saturated rings. The number of amides is 1. The maximum Gasteiger partial charge on any atom is 0.238 e. The molecule has 0 spiro atoms. The number of para-hydroxylation sites is 1. The lowest BCUT2D eigenvalue weighted by Gasteiger charge is -2.17. The van der Waals surface area contributed by atoms with Gasteiger partial charge in [-0.05, 0) is 50.1 Å². The number of anilines is 1. The maximum absolute atomic E-state index is 12.2. The molecule has 0 radical (unpaired) electrons. The summed E-state index contributed by atoms with van der Waals surface area (Å²) < 4.78 is 5.44. The normalized spacial score (nSPS) is 10.7. The van der Waals surface area contributed by atoms with Crippen LogP contribution in [0.5, 0.6) is 5.75 Å². The monoisotopic (exact) mass is 344 g/mol. The second-order valence-corrected chi connectivity index (χ2v) is 6.35. The molecule has 4 nitrogen and oxygen atoms in total. The Labute approximate surface area is 148 Å². The maximum atomic E-state index is 12.2. The van der Waals surface area contributed by atoms with Gasteiger partial charge < -0.3 is 10.1 Å². The first-order valence-electron chi connectivity index (χ1n) is 7.95. The molecule has 2 aromatic carbocycles. The first-order valence-corrected chi connectivity index (χ1v) is 9.18. The van der Waals surface area contributed by atoms with Crippen LogP contribution in [0, 0.1) is 0 Å². The molecular formula is C19H24N2O2S. The lowest BCUT2D eigenvalue weighted by atomic mass is 10.2. The van der Waals surface area contributed by atoms with Crippen molar-refractivity contribution in [3.8, 4) is 5.75 Å². The average Bonchev–Trinajstić information content (AvgIpc) is 2.57. The van der Waals surface area contributed by atoms with Crippen LogP contribution in [0.2, 0.25) is 0 Å². The molecule has 0 aliphatic carbocycles. The van der Waals surface area contributed by atoms with Crippen LogP contribution in [-0.2, 0) is 11.3 Å². The van der Waals surface area contributed by atoms with Crippen molar-refractivity contribution >= 4 is 23.4 Å². The molecule has 2 aromatic rings. The van der Waals surface area contributed by atoms with Crippen LogP contribution >= 0.6 is 11.8 Å². The largest absolute Gasteiger partial charge is 0.494 e. The van der Waals surface area contributed by atoms with Gasteiger partial charge in [-0.3, -0.25) is 9.69 Å². The van der Waals surface area contributed by atoms with Crippen molar-refractivity contribution in [1.29, 1.82) is 0 Å². The van der Waals surface area contributed by atoms with Gasteiger partial charge >= 0.3 is 0 Å². The topological polar surface area (TPSA) is 41.6 Å². The van der Waals surface area contributed by atoms with Crippen LogP contribution in [0.1, 0.15) is 12.5 Å². The zero-order valence-corrected chi connectivity index (χ0v) is 15.2. The number of carbonyl (C=O) groups is 1. The fraction of sp³-hybridized carbons (Fsp3) is 0.316. The third-order valence-corrected chi connectivity index (χ3v) is 4.28. The van der Waals surface area contributed by atoms with Crippen LogP contribution in [0.25, 0.3) is 0 Å². The summed E-state index contributed by atoms with van der Waals surface area (Å²) in [6, 6.07) is 15.8. The minimum Gasteiger partial charge on any atom is -0.494 e. The number of hydrogen-bond acceptors (Lipinski definition) is 4. The first-order chi connectivity index (χ1) is 11.6. The third-order valence-electron chi connectivity index (χ3n) is 3.48. The number of benzene rings is 2. The molecule has 0 atom stereocenters. The minimum absolute atomic E-state index is 0.00932. The van der Waals surface area contributed by atoms with Gasteiger partial charge in [0.1, 0.15) is 5.75 Å². The Morgan fingerprint density at radius 1 is 1.17 bits per heavy atom. The van der Waals surface area contributed by atoms with Crippen molar-refractivity contribution in [1.82, 2.24) is 4.90 Å². The molecule has 24 heavy (non-hydrogen) atoms. The highest BCUT2D eigenvalue weighted by Gasteiger charge is 2.09. The van der Waals surface area contributed by atoms with Crippen molar-refractivity contribution in [2.24, 2.45) is 0 Å². The van der Waals surface area contributed by atoms with E-state index < -0.39 is 0 Å². The standard InChI is InChI=1S/C19H24N2O2S/c1-4-23-16-11-9-15(10-12-16)13-21(2)14-19(22)20-17-7-5-6-8-18(17)24-3/h5-12H,4,13-14H2,1-3H3,(H,20,22). The van der Waals surface area contributed by atoms with Crippen molar-refractivity contribution in [2.45, 2.75) is 18.4 Å². The summed E-state index contributed by atoms with van der Waals surface area (Å²) in [5.41, 5.74) is 2.02. The number of ether oxygens (including phenoxy) is 1. The highest BCUT2D eigenvalue weighted by molar-refractivity contribution is 7.98. The molecule has 0 unspecified atom stereocenters. The molecule has 0 heterocycles. The molecule has 0 aromatic heterocycles. The zero-order valence-electron chi connectivity index (χ0n) is 14.4. The van der Waals surface area contributed by atoms with E-state index in [1.807, 2.05) is 73.7 Å². The van der Waals surface area contributed by atoms with Crippen molar-refractivity contribution < 1.29 is 9.53 Å². The second kappa shape index (κ2) is 9.35. The van der Waals surface area contributed by atoms with Gasteiger partial charge in [0.05, 0.1) is 18.8 Å². The fourth-order valence-electron chi connectivity index (χ4n) is 2.41. The van der Waals surface area contributed by atoms with E-state index in [1.54, 1.807) is 11.8 Å². The SMILES string of the molecule is CCOc1ccc(CN(C)CC(=O)Nc2ccccc2SC)cc1. The smallest absolute Gasteiger partial charge is 0.238 e. The summed E-state index contributed by atoms with van der Waals surface area (Å²) >= 11 is 1.62. The predicted octanol–water partition coefficient (Wildman–Crippen LogP) is 3.88. The molecule has 5 heteroatoms. The van der Waals surface area contributed by atoms with Gasteiger partial charge in [-0.15, -0.1) is 11.8 Å². The van der Waals surface area contributed by atoms with Crippen molar-refractivity contribution in [3.63, 3.8) is 0 Å². The van der Waals surface area contributed by atoms with Crippen LogP contribution in [0.15, 0.2) is 53.4 Å². The Kier molecular flexibility index (Phi) is 7.15. The van der Waals surface area contributed by atoms with Gasteiger partial charge in [0.15, 0.2) is 0 Å². The zero-order chi connectivity index (χ0) is 17.4. The van der Waals surface area contributed by atoms with Crippen molar-refractivity contribution in [3.05, 3.63) is 54.1 Å². The number of rotatable bonds is 8. The molecule has 0 saturated carbocycles. The van der Waals surface area contributed by atoms with E-state index in [2.05, 4.69) is 5.32 Å². The molecular weight excluding hydrogens is 320 g/mol. The quantitative estimate of drug-likeness (QED) is 0.738. The van der Waals surface area contributed by atoms with Crippen LogP contribution in [0.4, 0.5) is 5.69 Å². The summed E-state index contributed by atoms with van der Waals surface area (Å²) in [5.74, 6) is 0.861. The number of thioether (sulfide) groups is 1. The number of carbonyl (C=O) groups excluding carboxylic acids is 1. The highest BCUT2D eigenvalue weighted by atomic mass is 32.2. The second-order valence-electron chi connectivity index (χ2n) is 5.50. The Bertz CT molecular complexity index is 659. The number of hydrogen-bond donors (Lipinski definition) is 1. The average molecular weight is 344 g/mol. The van der Waals surface area contributed by atoms with E-state index >= 15 is 0 Å². The van der Waals surface area contributed by atoms with Gasteiger partial charge in [-0.1, -0.05) is 24.3 Å². The van der Waals surface area contributed by atoms with Gasteiger partial charge in [-0.2, -0.15) is 0 Å². The van der Waals surface area contributed by atoms with Crippen LogP contribution < -0.4 is 10.1 Å². The molecule has 0 aliphatic heterocycles. The lowest BCUT2D eigenvalue weighted by molar-refractivity contribution is -0.117. The summed E-state index contributed by atoms with van der Waals surface area (Å²) in [7, 11) is 1.94. The van der Waals surface area contributed by atoms with E-state index in [9.17, 15) is 4.79 Å². The fourth-order valence-corrected chi connectivity index (χ4v) is 2.96. The highest BCUT2D eigenvalue weighted by Crippen LogP contribution is 2.24. The molecule has 1 N–H and O–H groups in total. The Balaban J connectivity index is 1.87. The Morgan fingerprint density at radius 2 is 1.88 bits per heavy atom. The van der Waals surface area contributed by atoms with E-state index in [4.69, 9.17) is 4.74 Å². The van der Waals surface area contributed by atoms with Gasteiger partial charge in [0, 0.05) is 11.4 Å². The molecule has 0 aliphatic rings. The summed E-state index contributed by atoms with van der Waals surface area (Å²) in [6.45, 7) is 3.69. The van der Waals surface area contributed by atoms with Crippen LogP contribution in [0.3, 0.4) is 0 Å². The van der Waals surface area contributed by atoms with E-state index in [0.717, 1.165) is 21.9 Å². The molecule has 0 saturated heterocycles. The summed E-state index contributed by atoms with van der Waals surface area (Å²) in [5, 5.41) is 2.98. The van der Waals surface area contributed by atoms with Crippen LogP contribution in [-0.4, -0.2) is 37.3 Å². The third kappa shape index (κ3) is 5.58. The summed E-state index contributed by atoms with van der Waals surface area (Å²) in [4.78, 5) is 15.3. The Hall–Kier alpha value is -1.98. The first kappa shape index (κ1) is 18.4. The molecule has 0 bridgehead atoms. The number of likely N-dealkylation sites (N-methyl/N-ethyl adjacent to an activating group) is 1. The van der Waals surface area contributed by atoms with Crippen molar-refractivity contribution in [2.75, 3.05) is 31.8 Å². The Morgan fingerprint density at radius 3 is 2.54 bits per heavy atom. The van der Waals surface area contributed by atoms with Gasteiger partial charge in [-0.25, -0.2) is 0 Å².